The maximum atomic E-state index is 12.6. The second kappa shape index (κ2) is 7.17. The molecule has 0 unspecified atom stereocenters. The topological polar surface area (TPSA) is 64.6 Å². The first kappa shape index (κ1) is 17.8. The van der Waals surface area contributed by atoms with Gasteiger partial charge in [-0.05, 0) is 18.2 Å². The summed E-state index contributed by atoms with van der Waals surface area (Å²) in [6, 6.07) is 2.78. The molecule has 0 aromatic heterocycles. The van der Waals surface area contributed by atoms with Crippen LogP contribution in [0, 0.1) is 0 Å². The molecular weight excluding hydrogens is 327 g/mol. The molecular formula is C13H11ClF3NO4. The van der Waals surface area contributed by atoms with Crippen LogP contribution < -0.4 is 5.32 Å². The van der Waals surface area contributed by atoms with Gasteiger partial charge in [-0.2, -0.15) is 13.2 Å². The number of hydrogen-bond donors (Lipinski definition) is 1. The zero-order valence-electron chi connectivity index (χ0n) is 11.5. The van der Waals surface area contributed by atoms with E-state index < -0.39 is 28.7 Å². The van der Waals surface area contributed by atoms with Crippen molar-refractivity contribution in [1.82, 2.24) is 0 Å². The molecule has 0 aliphatic carbocycles. The molecule has 0 bridgehead atoms. The number of alkyl halides is 3. The third-order valence-electron chi connectivity index (χ3n) is 2.42. The van der Waals surface area contributed by atoms with E-state index >= 15 is 0 Å². The van der Waals surface area contributed by atoms with E-state index in [2.05, 4.69) is 14.8 Å². The normalized spacial score (nSPS) is 11.8. The van der Waals surface area contributed by atoms with Crippen LogP contribution in [0.2, 0.25) is 5.02 Å². The Labute approximate surface area is 128 Å². The zero-order chi connectivity index (χ0) is 16.9. The molecule has 9 heteroatoms. The van der Waals surface area contributed by atoms with Crippen LogP contribution in [0.1, 0.15) is 5.56 Å². The molecule has 0 fully saturated rings. The third-order valence-corrected chi connectivity index (χ3v) is 2.73. The molecule has 0 spiro atoms. The number of benzene rings is 1. The first-order chi connectivity index (χ1) is 10.2. The van der Waals surface area contributed by atoms with Crippen molar-refractivity contribution in [2.24, 2.45) is 0 Å². The Kier molecular flexibility index (Phi) is 5.81. The van der Waals surface area contributed by atoms with Crippen molar-refractivity contribution in [1.29, 1.82) is 0 Å². The number of carbonyl (C=O) groups is 2. The summed E-state index contributed by atoms with van der Waals surface area (Å²) in [5, 5.41) is 1.89. The van der Waals surface area contributed by atoms with Gasteiger partial charge in [-0.1, -0.05) is 11.6 Å². The Bertz CT molecular complexity index is 614. The Hall–Kier alpha value is -2.22. The molecule has 1 aromatic carbocycles. The average Bonchev–Trinajstić information content (AvgIpc) is 2.44. The van der Waals surface area contributed by atoms with Gasteiger partial charge in [0.2, 0.25) is 0 Å². The Morgan fingerprint density at radius 1 is 1.23 bits per heavy atom. The van der Waals surface area contributed by atoms with Crippen molar-refractivity contribution in [2.75, 3.05) is 19.5 Å². The van der Waals surface area contributed by atoms with E-state index in [0.717, 1.165) is 38.5 Å². The van der Waals surface area contributed by atoms with Crippen molar-refractivity contribution in [2.45, 2.75) is 6.18 Å². The molecule has 0 aliphatic rings. The van der Waals surface area contributed by atoms with Gasteiger partial charge in [-0.15, -0.1) is 0 Å². The van der Waals surface area contributed by atoms with Gasteiger partial charge in [0.1, 0.15) is 5.70 Å². The average molecular weight is 338 g/mol. The van der Waals surface area contributed by atoms with E-state index in [1.165, 1.54) is 0 Å². The lowest BCUT2D eigenvalue weighted by Gasteiger charge is -2.12. The second-order valence-corrected chi connectivity index (χ2v) is 4.30. The highest BCUT2D eigenvalue weighted by atomic mass is 35.5. The molecule has 22 heavy (non-hydrogen) atoms. The van der Waals surface area contributed by atoms with Crippen LogP contribution in [-0.4, -0.2) is 26.2 Å². The standard InChI is InChI=1S/C13H11ClF3NO4/c1-21-11(19)6-10(12(20)22-2)18-7-3-4-8(9(14)5-7)13(15,16)17/h3-6,18H,1-2H3/b10-6+. The van der Waals surface area contributed by atoms with Gasteiger partial charge >= 0.3 is 18.1 Å². The number of ether oxygens (including phenoxy) is 2. The fourth-order valence-corrected chi connectivity index (χ4v) is 1.70. The number of anilines is 1. The summed E-state index contributed by atoms with van der Waals surface area (Å²) in [4.78, 5) is 22.7. The molecule has 5 nitrogen and oxygen atoms in total. The molecule has 1 N–H and O–H groups in total. The minimum absolute atomic E-state index is 0.0681. The summed E-state index contributed by atoms with van der Waals surface area (Å²) >= 11 is 5.56. The van der Waals surface area contributed by atoms with Crippen molar-refractivity contribution >= 4 is 29.2 Å². The molecule has 1 aromatic rings. The smallest absolute Gasteiger partial charge is 0.417 e. The molecule has 1 rings (SSSR count). The highest BCUT2D eigenvalue weighted by molar-refractivity contribution is 6.31. The zero-order valence-corrected chi connectivity index (χ0v) is 12.2. The van der Waals surface area contributed by atoms with E-state index in [1.54, 1.807) is 0 Å². The summed E-state index contributed by atoms with van der Waals surface area (Å²) in [6.45, 7) is 0. The van der Waals surface area contributed by atoms with Crippen LogP contribution in [0.3, 0.4) is 0 Å². The van der Waals surface area contributed by atoms with Gasteiger partial charge in [0.15, 0.2) is 0 Å². The van der Waals surface area contributed by atoms with E-state index in [0.29, 0.717) is 0 Å². The maximum absolute atomic E-state index is 12.6. The number of nitrogens with one attached hydrogen (secondary N) is 1. The van der Waals surface area contributed by atoms with E-state index in [4.69, 9.17) is 11.6 Å². The number of halogens is 4. The summed E-state index contributed by atoms with van der Waals surface area (Å²) in [7, 11) is 2.18. The minimum atomic E-state index is -4.59. The lowest BCUT2D eigenvalue weighted by Crippen LogP contribution is -2.15. The fourth-order valence-electron chi connectivity index (χ4n) is 1.41. The van der Waals surface area contributed by atoms with Crippen LogP contribution in [0.25, 0.3) is 0 Å². The van der Waals surface area contributed by atoms with E-state index in [9.17, 15) is 22.8 Å². The van der Waals surface area contributed by atoms with Gasteiger partial charge in [0, 0.05) is 5.69 Å². The lowest BCUT2D eigenvalue weighted by molar-refractivity contribution is -0.138. The van der Waals surface area contributed by atoms with Crippen molar-refractivity contribution in [3.63, 3.8) is 0 Å². The monoisotopic (exact) mass is 337 g/mol. The predicted octanol–water partition coefficient (Wildman–Crippen LogP) is 3.00. The molecule has 0 aliphatic heterocycles. The molecule has 0 heterocycles. The Balaban J connectivity index is 3.10. The summed E-state index contributed by atoms with van der Waals surface area (Å²) in [5.41, 5.74) is -1.26. The molecule has 0 amide bonds. The van der Waals surface area contributed by atoms with E-state index in [1.807, 2.05) is 0 Å². The van der Waals surface area contributed by atoms with Crippen LogP contribution in [0.5, 0.6) is 0 Å². The van der Waals surface area contributed by atoms with Crippen LogP contribution in [-0.2, 0) is 25.2 Å². The first-order valence-corrected chi connectivity index (χ1v) is 6.08. The van der Waals surface area contributed by atoms with Crippen molar-refractivity contribution in [3.8, 4) is 0 Å². The minimum Gasteiger partial charge on any atom is -0.466 e. The Morgan fingerprint density at radius 3 is 2.32 bits per heavy atom. The number of carbonyl (C=O) groups excluding carboxylic acids is 2. The number of rotatable bonds is 4. The summed E-state index contributed by atoms with van der Waals surface area (Å²) in [5.74, 6) is -1.74. The van der Waals surface area contributed by atoms with Gasteiger partial charge in [0.05, 0.1) is 30.9 Å². The predicted molar refractivity (Wildman–Crippen MR) is 72.2 cm³/mol. The molecule has 120 valence electrons. The molecule has 0 saturated carbocycles. The number of esters is 2. The van der Waals surface area contributed by atoms with Crippen LogP contribution >= 0.6 is 11.6 Å². The quantitative estimate of drug-likeness (QED) is 0.676. The van der Waals surface area contributed by atoms with Gasteiger partial charge in [-0.25, -0.2) is 9.59 Å². The maximum Gasteiger partial charge on any atom is 0.417 e. The molecule has 0 atom stereocenters. The van der Waals surface area contributed by atoms with Gasteiger partial charge < -0.3 is 14.8 Å². The third kappa shape index (κ3) is 4.66. The van der Waals surface area contributed by atoms with Crippen LogP contribution in [0.4, 0.5) is 18.9 Å². The fraction of sp³-hybridized carbons (Fsp3) is 0.231. The van der Waals surface area contributed by atoms with Gasteiger partial charge in [-0.3, -0.25) is 0 Å². The Morgan fingerprint density at radius 2 is 1.86 bits per heavy atom. The lowest BCUT2D eigenvalue weighted by atomic mass is 10.2. The summed E-state index contributed by atoms with van der Waals surface area (Å²) < 4.78 is 46.6. The second-order valence-electron chi connectivity index (χ2n) is 3.89. The van der Waals surface area contributed by atoms with Crippen molar-refractivity contribution < 1.29 is 32.2 Å². The van der Waals surface area contributed by atoms with Crippen molar-refractivity contribution in [3.05, 3.63) is 40.6 Å². The highest BCUT2D eigenvalue weighted by Gasteiger charge is 2.33. The number of hydrogen-bond acceptors (Lipinski definition) is 5. The number of methoxy groups -OCH3 is 2. The highest BCUT2D eigenvalue weighted by Crippen LogP contribution is 2.36. The van der Waals surface area contributed by atoms with Crippen LogP contribution in [0.15, 0.2) is 30.0 Å². The summed E-state index contributed by atoms with van der Waals surface area (Å²) in [6.07, 6.45) is -3.79. The largest absolute Gasteiger partial charge is 0.466 e. The first-order valence-electron chi connectivity index (χ1n) is 5.70. The van der Waals surface area contributed by atoms with E-state index in [-0.39, 0.29) is 11.4 Å². The van der Waals surface area contributed by atoms with Gasteiger partial charge in [0.25, 0.3) is 0 Å². The molecule has 0 saturated heterocycles. The SMILES string of the molecule is COC(=O)/C=C(/Nc1ccc(C(F)(F)F)c(Cl)c1)C(=O)OC. The molecule has 0 radical (unpaired) electrons.